The molecule has 1 aliphatic heterocycles. The van der Waals surface area contributed by atoms with E-state index in [2.05, 4.69) is 10.6 Å². The Morgan fingerprint density at radius 3 is 2.71 bits per heavy atom. The maximum absolute atomic E-state index is 12.8. The van der Waals surface area contributed by atoms with Gasteiger partial charge in [-0.2, -0.15) is 0 Å². The van der Waals surface area contributed by atoms with E-state index in [0.29, 0.717) is 22.9 Å². The van der Waals surface area contributed by atoms with Crippen LogP contribution in [-0.4, -0.2) is 26.0 Å². The summed E-state index contributed by atoms with van der Waals surface area (Å²) in [6.07, 6.45) is 0.106. The van der Waals surface area contributed by atoms with Crippen molar-refractivity contribution >= 4 is 23.2 Å². The number of methoxy groups -OCH3 is 2. The van der Waals surface area contributed by atoms with Crippen LogP contribution in [0, 0.1) is 0 Å². The van der Waals surface area contributed by atoms with Crippen LogP contribution in [0.3, 0.4) is 0 Å². The topological polar surface area (TPSA) is 76.7 Å². The highest BCUT2D eigenvalue weighted by atomic mass is 16.5. The first kappa shape index (κ1) is 15.9. The number of carbonyl (C=O) groups excluding carboxylic acids is 2. The van der Waals surface area contributed by atoms with Crippen LogP contribution in [0.5, 0.6) is 11.5 Å². The first-order chi connectivity index (χ1) is 11.6. The lowest BCUT2D eigenvalue weighted by Crippen LogP contribution is -2.30. The molecule has 1 heterocycles. The molecule has 0 spiro atoms. The molecule has 0 bridgehead atoms. The monoisotopic (exact) mass is 326 g/mol. The Bertz CT molecular complexity index is 788. The van der Waals surface area contributed by atoms with E-state index in [9.17, 15) is 9.59 Å². The summed E-state index contributed by atoms with van der Waals surface area (Å²) < 4.78 is 10.5. The molecule has 2 N–H and O–H groups in total. The fourth-order valence-corrected chi connectivity index (χ4v) is 2.78. The van der Waals surface area contributed by atoms with Crippen LogP contribution in [0.25, 0.3) is 0 Å². The first-order valence-electron chi connectivity index (χ1n) is 7.54. The highest BCUT2D eigenvalue weighted by Crippen LogP contribution is 2.35. The summed E-state index contributed by atoms with van der Waals surface area (Å²) in [6.45, 7) is 0. The Labute approximate surface area is 139 Å². The minimum absolute atomic E-state index is 0.106. The number of hydrogen-bond donors (Lipinski definition) is 2. The number of ether oxygens (including phenoxy) is 2. The highest BCUT2D eigenvalue weighted by molar-refractivity contribution is 6.05. The van der Waals surface area contributed by atoms with Gasteiger partial charge in [0, 0.05) is 18.2 Å². The normalized spacial score (nSPS) is 15.9. The van der Waals surface area contributed by atoms with Gasteiger partial charge in [-0.05, 0) is 23.8 Å². The highest BCUT2D eigenvalue weighted by Gasteiger charge is 2.30. The molecule has 1 aliphatic rings. The van der Waals surface area contributed by atoms with Crippen molar-refractivity contribution in [1.29, 1.82) is 0 Å². The molecular weight excluding hydrogens is 308 g/mol. The molecule has 2 amide bonds. The largest absolute Gasteiger partial charge is 0.497 e. The van der Waals surface area contributed by atoms with Crippen LogP contribution in [0.1, 0.15) is 17.9 Å². The average molecular weight is 326 g/mol. The van der Waals surface area contributed by atoms with E-state index in [4.69, 9.17) is 9.47 Å². The lowest BCUT2D eigenvalue weighted by atomic mass is 9.90. The van der Waals surface area contributed by atoms with Crippen LogP contribution in [0.4, 0.5) is 11.4 Å². The number of rotatable bonds is 4. The molecule has 2 aromatic carbocycles. The van der Waals surface area contributed by atoms with Crippen LogP contribution in [0.15, 0.2) is 42.5 Å². The third kappa shape index (κ3) is 3.03. The van der Waals surface area contributed by atoms with Gasteiger partial charge < -0.3 is 20.1 Å². The van der Waals surface area contributed by atoms with Crippen LogP contribution < -0.4 is 20.1 Å². The maximum Gasteiger partial charge on any atom is 0.232 e. The lowest BCUT2D eigenvalue weighted by molar-refractivity contribution is -0.123. The van der Waals surface area contributed by atoms with E-state index in [1.807, 2.05) is 18.2 Å². The number of nitrogens with one attached hydrogen (secondary N) is 2. The van der Waals surface area contributed by atoms with Crippen molar-refractivity contribution in [3.63, 3.8) is 0 Å². The van der Waals surface area contributed by atoms with Gasteiger partial charge in [-0.3, -0.25) is 9.59 Å². The van der Waals surface area contributed by atoms with Crippen LogP contribution >= 0.6 is 0 Å². The minimum Gasteiger partial charge on any atom is -0.497 e. The molecule has 6 nitrogen and oxygen atoms in total. The van der Waals surface area contributed by atoms with E-state index in [-0.39, 0.29) is 18.2 Å². The van der Waals surface area contributed by atoms with Gasteiger partial charge in [0.1, 0.15) is 11.5 Å². The fourth-order valence-electron chi connectivity index (χ4n) is 2.78. The number of para-hydroxylation sites is 1. The van der Waals surface area contributed by atoms with Gasteiger partial charge in [0.15, 0.2) is 0 Å². The molecule has 0 aliphatic carbocycles. The summed E-state index contributed by atoms with van der Waals surface area (Å²) in [5.74, 6) is 0.145. The molecule has 1 unspecified atom stereocenters. The Morgan fingerprint density at radius 1 is 1.17 bits per heavy atom. The predicted molar refractivity (Wildman–Crippen MR) is 90.6 cm³/mol. The predicted octanol–water partition coefficient (Wildman–Crippen LogP) is 2.77. The Hall–Kier alpha value is -3.02. The quantitative estimate of drug-likeness (QED) is 0.906. The fraction of sp³-hybridized carbons (Fsp3) is 0.222. The zero-order valence-electron chi connectivity index (χ0n) is 13.5. The maximum atomic E-state index is 12.8. The summed E-state index contributed by atoms with van der Waals surface area (Å²) in [6, 6.07) is 12.5. The summed E-state index contributed by atoms with van der Waals surface area (Å²) in [5, 5.41) is 5.63. The van der Waals surface area contributed by atoms with Gasteiger partial charge in [-0.1, -0.05) is 18.2 Å². The van der Waals surface area contributed by atoms with E-state index in [0.717, 1.165) is 5.56 Å². The second kappa shape index (κ2) is 6.62. The van der Waals surface area contributed by atoms with Crippen molar-refractivity contribution in [1.82, 2.24) is 0 Å². The Kier molecular flexibility index (Phi) is 4.37. The number of hydrogen-bond acceptors (Lipinski definition) is 4. The Morgan fingerprint density at radius 2 is 1.96 bits per heavy atom. The molecule has 3 rings (SSSR count). The number of amides is 2. The zero-order chi connectivity index (χ0) is 17.1. The molecule has 24 heavy (non-hydrogen) atoms. The van der Waals surface area contributed by atoms with Crippen LogP contribution in [-0.2, 0) is 9.59 Å². The van der Waals surface area contributed by atoms with Gasteiger partial charge in [-0.15, -0.1) is 0 Å². The molecule has 124 valence electrons. The van der Waals surface area contributed by atoms with Crippen molar-refractivity contribution < 1.29 is 19.1 Å². The lowest BCUT2D eigenvalue weighted by Gasteiger charge is -2.25. The molecule has 1 atom stereocenters. The number of benzene rings is 2. The third-order valence-electron chi connectivity index (χ3n) is 3.98. The molecule has 0 saturated carbocycles. The second-order valence-corrected chi connectivity index (χ2v) is 5.45. The van der Waals surface area contributed by atoms with E-state index in [1.54, 1.807) is 31.4 Å². The summed E-state index contributed by atoms with van der Waals surface area (Å²) >= 11 is 0. The second-order valence-electron chi connectivity index (χ2n) is 5.45. The van der Waals surface area contributed by atoms with Gasteiger partial charge in [0.05, 0.1) is 25.8 Å². The van der Waals surface area contributed by atoms with Gasteiger partial charge in [0.2, 0.25) is 11.8 Å². The average Bonchev–Trinajstić information content (AvgIpc) is 2.60. The molecule has 2 aromatic rings. The van der Waals surface area contributed by atoms with Crippen molar-refractivity contribution in [3.8, 4) is 11.5 Å². The molecule has 6 heteroatoms. The molecule has 0 radical (unpaired) electrons. The number of carbonyl (C=O) groups is 2. The van der Waals surface area contributed by atoms with E-state index in [1.165, 1.54) is 7.11 Å². The van der Waals surface area contributed by atoms with Gasteiger partial charge in [0.25, 0.3) is 0 Å². The minimum atomic E-state index is -0.550. The van der Waals surface area contributed by atoms with Crippen molar-refractivity contribution in [2.24, 2.45) is 0 Å². The Balaban J connectivity index is 1.89. The first-order valence-corrected chi connectivity index (χ1v) is 7.54. The van der Waals surface area contributed by atoms with E-state index < -0.39 is 5.92 Å². The molecule has 0 fully saturated rings. The van der Waals surface area contributed by atoms with Crippen LogP contribution in [0.2, 0.25) is 0 Å². The smallest absolute Gasteiger partial charge is 0.232 e. The zero-order valence-corrected chi connectivity index (χ0v) is 13.5. The SMILES string of the molecule is COc1ccc(OC)c(NC(=O)C2CC(=O)Nc3ccccc32)c1. The van der Waals surface area contributed by atoms with Crippen molar-refractivity contribution in [2.45, 2.75) is 12.3 Å². The molecule has 0 saturated heterocycles. The summed E-state index contributed by atoms with van der Waals surface area (Å²) in [7, 11) is 3.08. The summed E-state index contributed by atoms with van der Waals surface area (Å²) in [5.41, 5.74) is 1.98. The van der Waals surface area contributed by atoms with Crippen molar-refractivity contribution in [3.05, 3.63) is 48.0 Å². The number of anilines is 2. The van der Waals surface area contributed by atoms with E-state index >= 15 is 0 Å². The van der Waals surface area contributed by atoms with Gasteiger partial charge in [-0.25, -0.2) is 0 Å². The molecular formula is C18H18N2O4. The third-order valence-corrected chi connectivity index (χ3v) is 3.98. The van der Waals surface area contributed by atoms with Gasteiger partial charge >= 0.3 is 0 Å². The van der Waals surface area contributed by atoms with Crippen molar-refractivity contribution in [2.75, 3.05) is 24.9 Å². The number of fused-ring (bicyclic) bond motifs is 1. The standard InChI is InChI=1S/C18H18N2O4/c1-23-11-7-8-16(24-2)15(9-11)20-18(22)13-10-17(21)19-14-6-4-3-5-12(13)14/h3-9,13H,10H2,1-2H3,(H,19,21)(H,20,22). The molecule has 0 aromatic heterocycles. The summed E-state index contributed by atoms with van der Waals surface area (Å²) in [4.78, 5) is 24.6.